The molecule has 0 aromatic heterocycles. The van der Waals surface area contributed by atoms with Crippen molar-refractivity contribution in [3.8, 4) is 0 Å². The van der Waals surface area contributed by atoms with Crippen LogP contribution >= 0.6 is 0 Å². The standard InChI is InChI=1S/C62H100O38/c1-20-11-61-9-5-28-59(2,7-4-8-60(28,3)58(86)99-56-49(97-54-44(84)40(80)33(73)24(15-66)90-54)47(35(75)26(17-68)92-56)95-52-42(82)38(78)31(71)22(13-64)88-52)29(61)6-10-62(20,19-61)100-57-50(48(36(76)27(18-69)93-57)96-53-43(83)39(79)32(72)23(14-65)89-53)98-55-45(85)46(34(74)25(16-67)91-55)94-51-41(81)37(77)30(70)21(12-63)87-51/h21-57,63-85H,1,4-19H2,2-3H3/t21-,22-,23-,24-,25-,26-,27-,28+,29+,30-,31-,32-,33-,34-,35-,36-,37+,38+,39+,40+,41-,42-,43-,44-,45-,46+,47+,48+,49-,50-,51+,52+,53+,54+,55+,56+,57+,59-,60-,61-,62+/m1/s1. The monoisotopic (exact) mass is 1450 g/mol. The van der Waals surface area contributed by atoms with Crippen molar-refractivity contribution in [2.24, 2.45) is 28.1 Å². The number of rotatable bonds is 21. The van der Waals surface area contributed by atoms with Crippen LogP contribution in [0.2, 0.25) is 0 Å². The molecule has 0 aromatic carbocycles. The highest BCUT2D eigenvalue weighted by Crippen LogP contribution is 2.74. The first kappa shape index (κ1) is 78.8. The molecule has 38 nitrogen and oxygen atoms in total. The van der Waals surface area contributed by atoms with Crippen molar-refractivity contribution in [2.75, 3.05) is 46.2 Å². The SMILES string of the molecule is C=C1C[C@@]23CC[C@H]4[C@@](C)(CCC[C@@]4(C)C(=O)O[C@@H]4O[C@H](CO)[C@@H](O)[C@H](O[C@@H]5O[C@H](CO)[C@@H](O)[C@H](O)[C@H]5O)[C@H]4O[C@@H]4O[C@H](CO)[C@@H](O)[C@H](O)[C@H]4O)[C@@H]2CC[C@]1(O[C@@H]1O[C@H](CO)[C@@H](O)[C@H](O[C@@H]2O[C@H](CO)[C@@H](O)[C@H](O)[C@H]2O)[C@H]1O[C@@H]1O[C@H](CO)[C@@H](O)[C@H](O[C@@H]2O[C@H](CO)[C@@H](O)[C@H](O)[C@H]2O)[C@H]1O)C3. The van der Waals surface area contributed by atoms with Gasteiger partial charge >= 0.3 is 5.97 Å². The fourth-order valence-corrected chi connectivity index (χ4v) is 17.9. The average molecular weight is 1450 g/mol. The van der Waals surface area contributed by atoms with Gasteiger partial charge in [-0.05, 0) is 86.5 Å². The van der Waals surface area contributed by atoms with E-state index in [2.05, 4.69) is 13.5 Å². The van der Waals surface area contributed by atoms with Crippen molar-refractivity contribution >= 4 is 5.97 Å². The van der Waals surface area contributed by atoms with Crippen LogP contribution in [-0.2, 0) is 71.1 Å². The summed E-state index contributed by atoms with van der Waals surface area (Å²) < 4.78 is 85.0. The van der Waals surface area contributed by atoms with Gasteiger partial charge < -0.3 is 184 Å². The third-order valence-corrected chi connectivity index (χ3v) is 23.4. The molecule has 0 amide bonds. The summed E-state index contributed by atoms with van der Waals surface area (Å²) in [5.41, 5.74) is -3.59. The Morgan fingerprint density at radius 2 is 0.710 bits per heavy atom. The summed E-state index contributed by atoms with van der Waals surface area (Å²) in [5, 5.41) is 250. The molecule has 0 unspecified atom stereocenters. The summed E-state index contributed by atoms with van der Waals surface area (Å²) in [7, 11) is 0. The minimum atomic E-state index is -2.21. The van der Waals surface area contributed by atoms with Crippen molar-refractivity contribution in [3.63, 3.8) is 0 Å². The van der Waals surface area contributed by atoms with E-state index in [1.165, 1.54) is 0 Å². The topological polar surface area (TPSA) is 612 Å². The van der Waals surface area contributed by atoms with E-state index in [1.807, 2.05) is 0 Å². The molecule has 576 valence electrons. The Balaban J connectivity index is 0.873. The first-order valence-electron chi connectivity index (χ1n) is 33.9. The Kier molecular flexibility index (Phi) is 24.6. The molecule has 7 saturated heterocycles. The largest absolute Gasteiger partial charge is 0.432 e. The van der Waals surface area contributed by atoms with Crippen LogP contribution in [0, 0.1) is 28.1 Å². The van der Waals surface area contributed by atoms with Crippen molar-refractivity contribution in [2.45, 2.75) is 292 Å². The smallest absolute Gasteiger partial charge is 0.314 e. The maximum atomic E-state index is 15.5. The van der Waals surface area contributed by atoms with Gasteiger partial charge in [-0.2, -0.15) is 0 Å². The number of ether oxygens (including phenoxy) is 14. The molecule has 7 heterocycles. The van der Waals surface area contributed by atoms with Crippen LogP contribution in [0.25, 0.3) is 0 Å². The number of carbonyl (C=O) groups is 1. The molecule has 41 atom stereocenters. The summed E-state index contributed by atoms with van der Waals surface area (Å²) in [4.78, 5) is 15.5. The Morgan fingerprint density at radius 3 is 1.12 bits per heavy atom. The highest BCUT2D eigenvalue weighted by atomic mass is 16.8. The van der Waals surface area contributed by atoms with Gasteiger partial charge in [-0.3, -0.25) is 4.79 Å². The van der Waals surface area contributed by atoms with Crippen LogP contribution in [-0.4, -0.2) is 390 Å². The van der Waals surface area contributed by atoms with E-state index in [0.717, 1.165) is 0 Å². The minimum absolute atomic E-state index is 0.169. The predicted molar refractivity (Wildman–Crippen MR) is 317 cm³/mol. The highest BCUT2D eigenvalue weighted by molar-refractivity contribution is 5.77. The number of fused-ring (bicyclic) bond motifs is 3. The van der Waals surface area contributed by atoms with Gasteiger partial charge in [-0.25, -0.2) is 0 Å². The van der Waals surface area contributed by atoms with E-state index in [4.69, 9.17) is 66.3 Å². The summed E-state index contributed by atoms with van der Waals surface area (Å²) in [6, 6.07) is 0. The zero-order valence-corrected chi connectivity index (χ0v) is 54.8. The fraction of sp³-hybridized carbons (Fsp3) is 0.952. The summed E-state index contributed by atoms with van der Waals surface area (Å²) in [6.45, 7) is 1.77. The Labute approximate surface area is 571 Å². The van der Waals surface area contributed by atoms with Gasteiger partial charge in [0.1, 0.15) is 165 Å². The number of hydrogen-bond donors (Lipinski definition) is 23. The van der Waals surface area contributed by atoms with Crippen LogP contribution in [0.4, 0.5) is 0 Å². The molecule has 1 spiro atoms. The van der Waals surface area contributed by atoms with Gasteiger partial charge in [0.2, 0.25) is 6.29 Å². The summed E-state index contributed by atoms with van der Waals surface area (Å²) >= 11 is 0. The summed E-state index contributed by atoms with van der Waals surface area (Å²) in [5.74, 6) is -1.59. The van der Waals surface area contributed by atoms with Crippen LogP contribution < -0.4 is 0 Å². The van der Waals surface area contributed by atoms with Gasteiger partial charge in [-0.15, -0.1) is 0 Å². The lowest BCUT2D eigenvalue weighted by Gasteiger charge is -2.64. The maximum Gasteiger partial charge on any atom is 0.314 e. The molecule has 100 heavy (non-hydrogen) atoms. The van der Waals surface area contributed by atoms with Crippen molar-refractivity contribution < 1.29 is 189 Å². The molecule has 11 fully saturated rings. The van der Waals surface area contributed by atoms with E-state index in [1.54, 1.807) is 6.92 Å². The molecular weight excluding hydrogens is 1350 g/mol. The lowest BCUT2D eigenvalue weighted by Crippen LogP contribution is -2.68. The van der Waals surface area contributed by atoms with Gasteiger partial charge in [0.05, 0.1) is 57.3 Å². The zero-order chi connectivity index (χ0) is 72.7. The minimum Gasteiger partial charge on any atom is -0.432 e. The summed E-state index contributed by atoms with van der Waals surface area (Å²) in [6.07, 6.45) is -64.0. The second kappa shape index (κ2) is 31.2. The molecule has 2 bridgehead atoms. The quantitative estimate of drug-likeness (QED) is 0.0288. The highest BCUT2D eigenvalue weighted by Gasteiger charge is 2.70. The molecule has 11 aliphatic rings. The number of aliphatic hydroxyl groups is 23. The van der Waals surface area contributed by atoms with Crippen LogP contribution in [0.5, 0.6) is 0 Å². The molecule has 0 radical (unpaired) electrons. The number of aliphatic hydroxyl groups excluding tert-OH is 23. The molecule has 38 heteroatoms. The molecule has 4 saturated carbocycles. The molecule has 0 aromatic rings. The molecule has 23 N–H and O–H groups in total. The van der Waals surface area contributed by atoms with Gasteiger partial charge in [0.25, 0.3) is 0 Å². The molecular formula is C62H100O38. The van der Waals surface area contributed by atoms with Crippen molar-refractivity contribution in [1.29, 1.82) is 0 Å². The number of carbonyl (C=O) groups excluding carboxylic acids is 1. The molecule has 7 aliphatic heterocycles. The lowest BCUT2D eigenvalue weighted by atomic mass is 9.41. The van der Waals surface area contributed by atoms with Gasteiger partial charge in [0.15, 0.2) is 43.8 Å². The van der Waals surface area contributed by atoms with E-state index in [-0.39, 0.29) is 25.2 Å². The van der Waals surface area contributed by atoms with E-state index in [9.17, 15) is 117 Å². The third-order valence-electron chi connectivity index (χ3n) is 23.4. The van der Waals surface area contributed by atoms with Crippen molar-refractivity contribution in [1.82, 2.24) is 0 Å². The Hall–Kier alpha value is -2.23. The second-order valence-corrected chi connectivity index (χ2v) is 29.2. The second-order valence-electron chi connectivity index (χ2n) is 29.2. The molecule has 4 aliphatic carbocycles. The lowest BCUT2D eigenvalue weighted by molar-refractivity contribution is -0.406. The zero-order valence-electron chi connectivity index (χ0n) is 54.8. The number of esters is 1. The predicted octanol–water partition coefficient (Wildman–Crippen LogP) is -11.6. The normalized spacial score (nSPS) is 54.5. The van der Waals surface area contributed by atoms with Crippen molar-refractivity contribution in [3.05, 3.63) is 12.2 Å². The van der Waals surface area contributed by atoms with Crippen LogP contribution in [0.15, 0.2) is 12.2 Å². The fourth-order valence-electron chi connectivity index (χ4n) is 17.9. The van der Waals surface area contributed by atoms with E-state index < -0.39 is 295 Å². The average Bonchev–Trinajstić information content (AvgIpc) is 1.44. The first-order valence-corrected chi connectivity index (χ1v) is 33.9. The maximum absolute atomic E-state index is 15.5. The third kappa shape index (κ3) is 14.0. The van der Waals surface area contributed by atoms with E-state index in [0.29, 0.717) is 44.1 Å². The van der Waals surface area contributed by atoms with Crippen LogP contribution in [0.3, 0.4) is 0 Å². The van der Waals surface area contributed by atoms with Crippen LogP contribution in [0.1, 0.15) is 71.6 Å². The van der Waals surface area contributed by atoms with Gasteiger partial charge in [-0.1, -0.05) is 19.9 Å². The first-order chi connectivity index (χ1) is 47.3. The Bertz CT molecular complexity index is 2720. The Morgan fingerprint density at radius 1 is 0.380 bits per heavy atom. The van der Waals surface area contributed by atoms with E-state index >= 15 is 4.79 Å². The molecule has 11 rings (SSSR count). The van der Waals surface area contributed by atoms with Gasteiger partial charge in [0, 0.05) is 0 Å². The number of hydrogen-bond acceptors (Lipinski definition) is 38.